The third-order valence-electron chi connectivity index (χ3n) is 4.43. The number of nitrogens with one attached hydrogen (secondary N) is 1. The lowest BCUT2D eigenvalue weighted by Gasteiger charge is -2.34. The Balaban J connectivity index is 2.13. The van der Waals surface area contributed by atoms with Crippen LogP contribution in [0.5, 0.6) is 0 Å². The molecule has 2 aromatic rings. The number of hydrogen-bond donors (Lipinski definition) is 2. The summed E-state index contributed by atoms with van der Waals surface area (Å²) in [7, 11) is 0. The number of nitrogens with zero attached hydrogens (tertiary/aromatic N) is 1. The highest BCUT2D eigenvalue weighted by Crippen LogP contribution is 2.35. The Morgan fingerprint density at radius 2 is 1.87 bits per heavy atom. The molecule has 2 unspecified atom stereocenters. The highest BCUT2D eigenvalue weighted by atomic mass is 35.5. The standard InChI is InChI=1S/C19H25ClN2O/c1-14(16-9-10-21-18(20)11-16)22-12-17(19(2,3)13-23)15-7-5-4-6-8-15/h4-11,14,17,22-23H,12-13H2,1-3H3. The second-order valence-corrected chi connectivity index (χ2v) is 7.04. The van der Waals surface area contributed by atoms with E-state index in [1.807, 2.05) is 30.3 Å². The molecular formula is C19H25ClN2O. The molecule has 0 spiro atoms. The maximum absolute atomic E-state index is 9.79. The number of halogens is 1. The van der Waals surface area contributed by atoms with Gasteiger partial charge in [-0.3, -0.25) is 0 Å². The molecule has 0 saturated carbocycles. The number of aliphatic hydroxyl groups excluding tert-OH is 1. The SMILES string of the molecule is CC(NCC(c1ccccc1)C(C)(C)CO)c1ccnc(Cl)c1. The minimum Gasteiger partial charge on any atom is -0.396 e. The second kappa shape index (κ2) is 7.91. The van der Waals surface area contributed by atoms with Crippen molar-refractivity contribution in [3.63, 3.8) is 0 Å². The predicted octanol–water partition coefficient (Wildman–Crippen LogP) is 4.19. The predicted molar refractivity (Wildman–Crippen MR) is 95.7 cm³/mol. The molecule has 3 nitrogen and oxygen atoms in total. The van der Waals surface area contributed by atoms with Crippen LogP contribution in [-0.4, -0.2) is 23.2 Å². The summed E-state index contributed by atoms with van der Waals surface area (Å²) in [6.45, 7) is 7.22. The Morgan fingerprint density at radius 3 is 2.48 bits per heavy atom. The minimum atomic E-state index is -0.204. The fourth-order valence-corrected chi connectivity index (χ4v) is 2.92. The van der Waals surface area contributed by atoms with E-state index >= 15 is 0 Å². The number of benzene rings is 1. The monoisotopic (exact) mass is 332 g/mol. The first-order valence-electron chi connectivity index (χ1n) is 7.94. The molecule has 0 aliphatic heterocycles. The van der Waals surface area contributed by atoms with Gasteiger partial charge in [0.15, 0.2) is 0 Å². The van der Waals surface area contributed by atoms with Gasteiger partial charge in [-0.1, -0.05) is 55.8 Å². The Hall–Kier alpha value is -1.42. The van der Waals surface area contributed by atoms with Crippen molar-refractivity contribution in [2.75, 3.05) is 13.2 Å². The first-order chi connectivity index (χ1) is 10.9. The first kappa shape index (κ1) is 17.9. The fourth-order valence-electron chi connectivity index (χ4n) is 2.74. The van der Waals surface area contributed by atoms with Crippen molar-refractivity contribution < 1.29 is 5.11 Å². The lowest BCUT2D eigenvalue weighted by molar-refractivity contribution is 0.128. The van der Waals surface area contributed by atoms with Crippen LogP contribution in [0, 0.1) is 5.41 Å². The molecule has 1 aromatic heterocycles. The molecule has 0 aliphatic carbocycles. The first-order valence-corrected chi connectivity index (χ1v) is 8.32. The van der Waals surface area contributed by atoms with Crippen LogP contribution in [0.15, 0.2) is 48.7 Å². The minimum absolute atomic E-state index is 0.143. The second-order valence-electron chi connectivity index (χ2n) is 6.65. The van der Waals surface area contributed by atoms with E-state index in [1.54, 1.807) is 6.20 Å². The van der Waals surface area contributed by atoms with Crippen molar-refractivity contribution >= 4 is 11.6 Å². The van der Waals surface area contributed by atoms with Crippen molar-refractivity contribution in [3.05, 3.63) is 64.9 Å². The smallest absolute Gasteiger partial charge is 0.129 e. The fraction of sp³-hybridized carbons (Fsp3) is 0.421. The van der Waals surface area contributed by atoms with Gasteiger partial charge in [-0.15, -0.1) is 0 Å². The zero-order valence-electron chi connectivity index (χ0n) is 14.0. The molecular weight excluding hydrogens is 308 g/mol. The van der Waals surface area contributed by atoms with Crippen LogP contribution in [0.2, 0.25) is 5.15 Å². The Morgan fingerprint density at radius 1 is 1.17 bits per heavy atom. The van der Waals surface area contributed by atoms with Gasteiger partial charge in [-0.2, -0.15) is 0 Å². The lowest BCUT2D eigenvalue weighted by Crippen LogP contribution is -2.35. The number of aromatic nitrogens is 1. The largest absolute Gasteiger partial charge is 0.396 e. The molecule has 2 N–H and O–H groups in total. The van der Waals surface area contributed by atoms with Gasteiger partial charge >= 0.3 is 0 Å². The van der Waals surface area contributed by atoms with Crippen LogP contribution in [0.3, 0.4) is 0 Å². The van der Waals surface area contributed by atoms with E-state index in [2.05, 4.69) is 43.2 Å². The average Bonchev–Trinajstić information content (AvgIpc) is 2.55. The summed E-state index contributed by atoms with van der Waals surface area (Å²) in [5, 5.41) is 13.9. The number of pyridine rings is 1. The summed E-state index contributed by atoms with van der Waals surface area (Å²) in [6.07, 6.45) is 1.72. The Labute approximate surface area is 143 Å². The number of hydrogen-bond acceptors (Lipinski definition) is 3. The third kappa shape index (κ3) is 4.77. The van der Waals surface area contributed by atoms with E-state index in [0.717, 1.165) is 12.1 Å². The van der Waals surface area contributed by atoms with Gasteiger partial charge in [0.05, 0.1) is 0 Å². The molecule has 23 heavy (non-hydrogen) atoms. The van der Waals surface area contributed by atoms with Crippen molar-refractivity contribution in [1.82, 2.24) is 10.3 Å². The van der Waals surface area contributed by atoms with E-state index in [1.165, 1.54) is 5.56 Å². The zero-order chi connectivity index (χ0) is 16.9. The molecule has 0 fully saturated rings. The van der Waals surface area contributed by atoms with Crippen molar-refractivity contribution in [2.24, 2.45) is 5.41 Å². The van der Waals surface area contributed by atoms with E-state index in [-0.39, 0.29) is 24.0 Å². The van der Waals surface area contributed by atoms with Gasteiger partial charge in [0.1, 0.15) is 5.15 Å². The molecule has 0 saturated heterocycles. The molecule has 124 valence electrons. The molecule has 0 bridgehead atoms. The van der Waals surface area contributed by atoms with Gasteiger partial charge in [0.25, 0.3) is 0 Å². The van der Waals surface area contributed by atoms with Crippen molar-refractivity contribution in [1.29, 1.82) is 0 Å². The van der Waals surface area contributed by atoms with Gasteiger partial charge in [0, 0.05) is 31.3 Å². The molecule has 1 aromatic carbocycles. The van der Waals surface area contributed by atoms with E-state index in [4.69, 9.17) is 11.6 Å². The molecule has 0 aliphatic rings. The van der Waals surface area contributed by atoms with Crippen molar-refractivity contribution in [2.45, 2.75) is 32.7 Å². The molecule has 0 amide bonds. The highest BCUT2D eigenvalue weighted by Gasteiger charge is 2.30. The third-order valence-corrected chi connectivity index (χ3v) is 4.64. The topological polar surface area (TPSA) is 45.1 Å². The van der Waals surface area contributed by atoms with Gasteiger partial charge in [-0.05, 0) is 35.6 Å². The Kier molecular flexibility index (Phi) is 6.17. The van der Waals surface area contributed by atoms with Crippen LogP contribution in [0.25, 0.3) is 0 Å². The quantitative estimate of drug-likeness (QED) is 0.747. The van der Waals surface area contributed by atoms with Gasteiger partial charge < -0.3 is 10.4 Å². The van der Waals surface area contributed by atoms with Crippen molar-refractivity contribution in [3.8, 4) is 0 Å². The molecule has 4 heteroatoms. The van der Waals surface area contributed by atoms with E-state index in [0.29, 0.717) is 5.15 Å². The normalized spacial score (nSPS) is 14.5. The van der Waals surface area contributed by atoms with Crippen LogP contribution >= 0.6 is 11.6 Å². The highest BCUT2D eigenvalue weighted by molar-refractivity contribution is 6.29. The van der Waals surface area contributed by atoms with Gasteiger partial charge in [0.2, 0.25) is 0 Å². The number of aliphatic hydroxyl groups is 1. The summed E-state index contributed by atoms with van der Waals surface area (Å²) in [4.78, 5) is 4.02. The van der Waals surface area contributed by atoms with Crippen LogP contribution in [0.4, 0.5) is 0 Å². The molecule has 0 radical (unpaired) electrons. The van der Waals surface area contributed by atoms with Crippen LogP contribution in [0.1, 0.15) is 43.9 Å². The summed E-state index contributed by atoms with van der Waals surface area (Å²) in [6, 6.07) is 14.4. The number of rotatable bonds is 7. The Bertz CT molecular complexity index is 616. The summed E-state index contributed by atoms with van der Waals surface area (Å²) in [5.74, 6) is 0.216. The molecule has 1 heterocycles. The van der Waals surface area contributed by atoms with E-state index in [9.17, 15) is 5.11 Å². The van der Waals surface area contributed by atoms with Crippen LogP contribution < -0.4 is 5.32 Å². The summed E-state index contributed by atoms with van der Waals surface area (Å²) >= 11 is 5.97. The molecule has 2 rings (SSSR count). The summed E-state index contributed by atoms with van der Waals surface area (Å²) in [5.41, 5.74) is 2.14. The lowest BCUT2D eigenvalue weighted by atomic mass is 9.75. The average molecular weight is 333 g/mol. The molecule has 2 atom stereocenters. The van der Waals surface area contributed by atoms with Crippen LogP contribution in [-0.2, 0) is 0 Å². The summed E-state index contributed by atoms with van der Waals surface area (Å²) < 4.78 is 0. The zero-order valence-corrected chi connectivity index (χ0v) is 14.7. The van der Waals surface area contributed by atoms with Gasteiger partial charge in [-0.25, -0.2) is 4.98 Å². The maximum atomic E-state index is 9.79. The van der Waals surface area contributed by atoms with E-state index < -0.39 is 0 Å². The maximum Gasteiger partial charge on any atom is 0.129 e.